The molecule has 0 amide bonds. The van der Waals surface area contributed by atoms with E-state index < -0.39 is 0 Å². The van der Waals surface area contributed by atoms with Gasteiger partial charge in [0.05, 0.1) is 17.2 Å². The molecule has 1 N–H and O–H groups in total. The van der Waals surface area contributed by atoms with Crippen LogP contribution in [0.5, 0.6) is 5.75 Å². The largest absolute Gasteiger partial charge is 0.496 e. The van der Waals surface area contributed by atoms with Gasteiger partial charge in [-0.2, -0.15) is 0 Å². The summed E-state index contributed by atoms with van der Waals surface area (Å²) in [6.07, 6.45) is 0.974. The molecular weight excluding hydrogens is 305 g/mol. The van der Waals surface area contributed by atoms with Crippen LogP contribution in [-0.2, 0) is 6.54 Å². The van der Waals surface area contributed by atoms with Gasteiger partial charge >= 0.3 is 0 Å². The number of hydrogen-bond donors (Lipinski definition) is 1. The monoisotopic (exact) mass is 323 g/mol. The van der Waals surface area contributed by atoms with Crippen LogP contribution in [0.3, 0.4) is 0 Å². The highest BCUT2D eigenvalue weighted by atomic mass is 35.5. The van der Waals surface area contributed by atoms with Crippen molar-refractivity contribution < 1.29 is 4.74 Å². The summed E-state index contributed by atoms with van der Waals surface area (Å²) in [5.41, 5.74) is 2.28. The summed E-state index contributed by atoms with van der Waals surface area (Å²) in [5.74, 6) is 0.908. The maximum Gasteiger partial charge on any atom is 0.123 e. The van der Waals surface area contributed by atoms with E-state index in [0.717, 1.165) is 24.3 Å². The standard InChI is InChI=1S/C17H19Cl2NO/c1-3-16(13-6-4-5-7-17(13)21-2)20-11-12-8-9-14(18)15(19)10-12/h4-10,16,20H,3,11H2,1-2H3. The van der Waals surface area contributed by atoms with Crippen molar-refractivity contribution in [2.75, 3.05) is 7.11 Å². The molecule has 2 aromatic carbocycles. The minimum Gasteiger partial charge on any atom is -0.496 e. The second-order valence-corrected chi connectivity index (χ2v) is 5.65. The van der Waals surface area contributed by atoms with Crippen molar-refractivity contribution in [2.45, 2.75) is 25.9 Å². The molecule has 0 spiro atoms. The van der Waals surface area contributed by atoms with E-state index in [1.807, 2.05) is 36.4 Å². The van der Waals surface area contributed by atoms with E-state index in [1.165, 1.54) is 5.56 Å². The summed E-state index contributed by atoms with van der Waals surface area (Å²) < 4.78 is 5.44. The van der Waals surface area contributed by atoms with Crippen molar-refractivity contribution in [3.8, 4) is 5.75 Å². The Bertz CT molecular complexity index is 601. The highest BCUT2D eigenvalue weighted by molar-refractivity contribution is 6.42. The molecule has 0 radical (unpaired) electrons. The maximum atomic E-state index is 6.05. The first-order chi connectivity index (χ1) is 10.2. The Kier molecular flexibility index (Phi) is 5.92. The van der Waals surface area contributed by atoms with Crippen LogP contribution < -0.4 is 10.1 Å². The molecule has 0 fully saturated rings. The molecule has 0 saturated heterocycles. The fraction of sp³-hybridized carbons (Fsp3) is 0.294. The van der Waals surface area contributed by atoms with Crippen LogP contribution >= 0.6 is 23.2 Å². The van der Waals surface area contributed by atoms with Gasteiger partial charge in [-0.3, -0.25) is 0 Å². The highest BCUT2D eigenvalue weighted by Gasteiger charge is 2.13. The average molecular weight is 324 g/mol. The quantitative estimate of drug-likeness (QED) is 0.784. The molecule has 0 aliphatic carbocycles. The second-order valence-electron chi connectivity index (χ2n) is 4.83. The Labute approximate surface area is 136 Å². The van der Waals surface area contributed by atoms with Gasteiger partial charge in [0.25, 0.3) is 0 Å². The third-order valence-corrected chi connectivity index (χ3v) is 4.20. The molecule has 4 heteroatoms. The Morgan fingerprint density at radius 2 is 1.86 bits per heavy atom. The zero-order valence-corrected chi connectivity index (χ0v) is 13.7. The smallest absolute Gasteiger partial charge is 0.123 e. The molecule has 2 rings (SSSR count). The summed E-state index contributed by atoms with van der Waals surface area (Å²) >= 11 is 12.0. The number of benzene rings is 2. The van der Waals surface area contributed by atoms with Crippen LogP contribution in [0.2, 0.25) is 10.0 Å². The van der Waals surface area contributed by atoms with Crippen molar-refractivity contribution in [3.05, 3.63) is 63.6 Å². The van der Waals surface area contributed by atoms with Crippen LogP contribution in [0.25, 0.3) is 0 Å². The predicted octanol–water partition coefficient (Wildman–Crippen LogP) is 5.24. The minimum absolute atomic E-state index is 0.232. The number of para-hydroxylation sites is 1. The van der Waals surface area contributed by atoms with Crippen molar-refractivity contribution >= 4 is 23.2 Å². The van der Waals surface area contributed by atoms with Gasteiger partial charge in [-0.05, 0) is 30.2 Å². The van der Waals surface area contributed by atoms with E-state index in [1.54, 1.807) is 7.11 Å². The van der Waals surface area contributed by atoms with Gasteiger partial charge in [0.1, 0.15) is 5.75 Å². The molecule has 0 aromatic heterocycles. The zero-order valence-electron chi connectivity index (χ0n) is 12.2. The van der Waals surface area contributed by atoms with Crippen LogP contribution in [0.15, 0.2) is 42.5 Å². The summed E-state index contributed by atoms with van der Waals surface area (Å²) in [7, 11) is 1.70. The molecule has 1 atom stereocenters. The van der Waals surface area contributed by atoms with Gasteiger partial charge < -0.3 is 10.1 Å². The normalized spacial score (nSPS) is 12.2. The number of nitrogens with one attached hydrogen (secondary N) is 1. The lowest BCUT2D eigenvalue weighted by Crippen LogP contribution is -2.20. The van der Waals surface area contributed by atoms with Crippen LogP contribution in [0, 0.1) is 0 Å². The number of rotatable bonds is 6. The summed E-state index contributed by atoms with van der Waals surface area (Å²) in [6.45, 7) is 2.88. The third kappa shape index (κ3) is 4.13. The van der Waals surface area contributed by atoms with Crippen LogP contribution in [0.4, 0.5) is 0 Å². The van der Waals surface area contributed by atoms with E-state index in [2.05, 4.69) is 18.3 Å². The summed E-state index contributed by atoms with van der Waals surface area (Å²) in [4.78, 5) is 0. The topological polar surface area (TPSA) is 21.3 Å². The molecule has 0 bridgehead atoms. The number of halogens is 2. The fourth-order valence-corrected chi connectivity index (χ4v) is 2.64. The first-order valence-corrected chi connectivity index (χ1v) is 7.71. The molecule has 2 aromatic rings. The second kappa shape index (κ2) is 7.69. The molecule has 112 valence electrons. The first kappa shape index (κ1) is 16.2. The lowest BCUT2D eigenvalue weighted by atomic mass is 10.0. The molecule has 0 aliphatic rings. The van der Waals surface area contributed by atoms with Crippen molar-refractivity contribution in [1.29, 1.82) is 0 Å². The maximum absolute atomic E-state index is 6.05. The Hall–Kier alpha value is -1.22. The summed E-state index contributed by atoms with van der Waals surface area (Å²) in [6, 6.07) is 14.0. The van der Waals surface area contributed by atoms with Gasteiger partial charge in [-0.25, -0.2) is 0 Å². The van der Waals surface area contributed by atoms with Gasteiger partial charge in [0.2, 0.25) is 0 Å². The van der Waals surface area contributed by atoms with Crippen molar-refractivity contribution in [2.24, 2.45) is 0 Å². The summed E-state index contributed by atoms with van der Waals surface area (Å²) in [5, 5.41) is 4.71. The third-order valence-electron chi connectivity index (χ3n) is 3.46. The Balaban J connectivity index is 2.10. The molecule has 21 heavy (non-hydrogen) atoms. The minimum atomic E-state index is 0.232. The number of hydrogen-bond acceptors (Lipinski definition) is 2. The van der Waals surface area contributed by atoms with E-state index >= 15 is 0 Å². The first-order valence-electron chi connectivity index (χ1n) is 6.96. The lowest BCUT2D eigenvalue weighted by molar-refractivity contribution is 0.396. The lowest BCUT2D eigenvalue weighted by Gasteiger charge is -2.20. The van der Waals surface area contributed by atoms with Gasteiger partial charge in [-0.15, -0.1) is 0 Å². The molecule has 2 nitrogen and oxygen atoms in total. The fourth-order valence-electron chi connectivity index (χ4n) is 2.32. The van der Waals surface area contributed by atoms with Gasteiger partial charge in [0, 0.05) is 18.2 Å². The zero-order chi connectivity index (χ0) is 15.2. The SMILES string of the molecule is CCC(NCc1ccc(Cl)c(Cl)c1)c1ccccc1OC. The Morgan fingerprint density at radius 1 is 1.10 bits per heavy atom. The number of methoxy groups -OCH3 is 1. The molecule has 0 heterocycles. The van der Waals surface area contributed by atoms with Gasteiger partial charge in [0.15, 0.2) is 0 Å². The van der Waals surface area contributed by atoms with Crippen molar-refractivity contribution in [1.82, 2.24) is 5.32 Å². The Morgan fingerprint density at radius 3 is 2.52 bits per heavy atom. The van der Waals surface area contributed by atoms with E-state index in [4.69, 9.17) is 27.9 Å². The van der Waals surface area contributed by atoms with Gasteiger partial charge in [-0.1, -0.05) is 54.4 Å². The molecule has 0 aliphatic heterocycles. The molecular formula is C17H19Cl2NO. The van der Waals surface area contributed by atoms with E-state index in [9.17, 15) is 0 Å². The average Bonchev–Trinajstić information content (AvgIpc) is 2.51. The highest BCUT2D eigenvalue weighted by Crippen LogP contribution is 2.28. The predicted molar refractivity (Wildman–Crippen MR) is 89.3 cm³/mol. The van der Waals surface area contributed by atoms with E-state index in [0.29, 0.717) is 10.0 Å². The number of ether oxygens (including phenoxy) is 1. The van der Waals surface area contributed by atoms with E-state index in [-0.39, 0.29) is 6.04 Å². The van der Waals surface area contributed by atoms with Crippen LogP contribution in [-0.4, -0.2) is 7.11 Å². The van der Waals surface area contributed by atoms with Crippen molar-refractivity contribution in [3.63, 3.8) is 0 Å². The van der Waals surface area contributed by atoms with Crippen LogP contribution in [0.1, 0.15) is 30.5 Å². The molecule has 1 unspecified atom stereocenters. The molecule has 0 saturated carbocycles.